The summed E-state index contributed by atoms with van der Waals surface area (Å²) in [6.07, 6.45) is 1.81. The van der Waals surface area contributed by atoms with Crippen molar-refractivity contribution in [3.8, 4) is 0 Å². The van der Waals surface area contributed by atoms with Gasteiger partial charge in [-0.25, -0.2) is 13.1 Å². The molecule has 1 aromatic carbocycles. The van der Waals surface area contributed by atoms with Crippen LogP contribution in [0.25, 0.3) is 0 Å². The fraction of sp³-hybridized carbons (Fsp3) is 0.600. The average molecular weight is 311 g/mol. The molecule has 6 heteroatoms. The number of hydrogen-bond donors (Lipinski definition) is 2. The monoisotopic (exact) mass is 311 g/mol. The Hall–Kier alpha value is -1.11. The number of hydrogen-bond acceptors (Lipinski definition) is 4. The fourth-order valence-corrected chi connectivity index (χ4v) is 4.25. The quantitative estimate of drug-likeness (QED) is 0.836. The van der Waals surface area contributed by atoms with Crippen molar-refractivity contribution in [2.24, 2.45) is 11.7 Å². The zero-order valence-electron chi connectivity index (χ0n) is 12.7. The third-order valence-electron chi connectivity index (χ3n) is 4.13. The molecular formula is C15H25N3O2S. The Bertz CT molecular complexity index is 574. The summed E-state index contributed by atoms with van der Waals surface area (Å²) in [6.45, 7) is 5.96. The molecular weight excluding hydrogens is 286 g/mol. The lowest BCUT2D eigenvalue weighted by atomic mass is 10.0. The predicted molar refractivity (Wildman–Crippen MR) is 85.9 cm³/mol. The van der Waals surface area contributed by atoms with Crippen LogP contribution < -0.4 is 15.4 Å². The maximum absolute atomic E-state index is 12.5. The molecule has 1 fully saturated rings. The van der Waals surface area contributed by atoms with Gasteiger partial charge in [-0.2, -0.15) is 0 Å². The van der Waals surface area contributed by atoms with Gasteiger partial charge in [0.05, 0.1) is 5.69 Å². The summed E-state index contributed by atoms with van der Waals surface area (Å²) in [5.41, 5.74) is 6.65. The van der Waals surface area contributed by atoms with Gasteiger partial charge in [0.25, 0.3) is 0 Å². The van der Waals surface area contributed by atoms with Gasteiger partial charge >= 0.3 is 0 Å². The lowest BCUT2D eigenvalue weighted by molar-refractivity contribution is 0.517. The van der Waals surface area contributed by atoms with E-state index in [4.69, 9.17) is 5.73 Å². The minimum atomic E-state index is -3.47. The molecule has 0 bridgehead atoms. The second kappa shape index (κ2) is 6.77. The second-order valence-electron chi connectivity index (χ2n) is 5.63. The molecule has 2 atom stereocenters. The highest BCUT2D eigenvalue weighted by Crippen LogP contribution is 2.33. The minimum absolute atomic E-state index is 0.201. The van der Waals surface area contributed by atoms with Gasteiger partial charge in [-0.3, -0.25) is 0 Å². The van der Waals surface area contributed by atoms with E-state index in [0.29, 0.717) is 23.9 Å². The van der Waals surface area contributed by atoms with Crippen molar-refractivity contribution in [3.05, 3.63) is 24.3 Å². The molecule has 1 aliphatic heterocycles. The minimum Gasteiger partial charge on any atom is -0.366 e. The third-order valence-corrected chi connectivity index (χ3v) is 5.64. The first-order chi connectivity index (χ1) is 10.0. The molecule has 0 radical (unpaired) electrons. The van der Waals surface area contributed by atoms with Gasteiger partial charge in [0.15, 0.2) is 0 Å². The van der Waals surface area contributed by atoms with Crippen LogP contribution in [0.15, 0.2) is 29.2 Å². The Labute approximate surface area is 127 Å². The van der Waals surface area contributed by atoms with Crippen molar-refractivity contribution >= 4 is 15.7 Å². The molecule has 3 N–H and O–H groups in total. The van der Waals surface area contributed by atoms with Crippen molar-refractivity contribution in [1.29, 1.82) is 0 Å². The van der Waals surface area contributed by atoms with Crippen molar-refractivity contribution in [3.63, 3.8) is 0 Å². The summed E-state index contributed by atoms with van der Waals surface area (Å²) in [4.78, 5) is 2.50. The van der Waals surface area contributed by atoms with Gasteiger partial charge < -0.3 is 10.6 Å². The van der Waals surface area contributed by atoms with Crippen LogP contribution in [-0.2, 0) is 10.0 Å². The molecule has 1 aromatic rings. The highest BCUT2D eigenvalue weighted by Gasteiger charge is 2.33. The normalized spacial score (nSPS) is 22.7. The van der Waals surface area contributed by atoms with E-state index in [1.807, 2.05) is 19.1 Å². The first-order valence-corrected chi connectivity index (χ1v) is 9.05. The molecule has 1 heterocycles. The molecule has 0 amide bonds. The number of rotatable bonds is 6. The van der Waals surface area contributed by atoms with Gasteiger partial charge in [-0.1, -0.05) is 26.0 Å². The highest BCUT2D eigenvalue weighted by molar-refractivity contribution is 7.89. The largest absolute Gasteiger partial charge is 0.366 e. The zero-order chi connectivity index (χ0) is 15.5. The smallest absolute Gasteiger partial charge is 0.242 e. The van der Waals surface area contributed by atoms with E-state index in [2.05, 4.69) is 16.5 Å². The van der Waals surface area contributed by atoms with Crippen molar-refractivity contribution in [2.45, 2.75) is 37.6 Å². The molecule has 0 aliphatic carbocycles. The SMILES string of the molecule is CCCNS(=O)(=O)c1ccccc1N1CCC(C)C1CN. The molecule has 2 rings (SSSR count). The van der Waals surface area contributed by atoms with Crippen LogP contribution in [0, 0.1) is 5.92 Å². The van der Waals surface area contributed by atoms with Gasteiger partial charge in [-0.15, -0.1) is 0 Å². The Morgan fingerprint density at radius 2 is 2.10 bits per heavy atom. The van der Waals surface area contributed by atoms with Gasteiger partial charge in [0.2, 0.25) is 10.0 Å². The van der Waals surface area contributed by atoms with Crippen molar-refractivity contribution < 1.29 is 8.42 Å². The summed E-state index contributed by atoms with van der Waals surface area (Å²) >= 11 is 0. The van der Waals surface area contributed by atoms with E-state index in [-0.39, 0.29) is 6.04 Å². The van der Waals surface area contributed by atoms with Gasteiger partial charge in [0, 0.05) is 25.7 Å². The number of sulfonamides is 1. The van der Waals surface area contributed by atoms with Crippen LogP contribution in [0.1, 0.15) is 26.7 Å². The third kappa shape index (κ3) is 3.39. The molecule has 0 saturated carbocycles. The first-order valence-electron chi connectivity index (χ1n) is 7.56. The number of para-hydroxylation sites is 1. The highest BCUT2D eigenvalue weighted by atomic mass is 32.2. The van der Waals surface area contributed by atoms with E-state index < -0.39 is 10.0 Å². The molecule has 1 saturated heterocycles. The Balaban J connectivity index is 2.38. The van der Waals surface area contributed by atoms with Crippen molar-refractivity contribution in [1.82, 2.24) is 4.72 Å². The zero-order valence-corrected chi connectivity index (χ0v) is 13.6. The van der Waals surface area contributed by atoms with Crippen LogP contribution >= 0.6 is 0 Å². The summed E-state index contributed by atoms with van der Waals surface area (Å²) in [5, 5.41) is 0. The second-order valence-corrected chi connectivity index (χ2v) is 7.36. The first kappa shape index (κ1) is 16.3. The number of benzene rings is 1. The molecule has 2 unspecified atom stereocenters. The topological polar surface area (TPSA) is 75.4 Å². The number of anilines is 1. The number of nitrogens with two attached hydrogens (primary N) is 1. The predicted octanol–water partition coefficient (Wildman–Crippen LogP) is 1.55. The molecule has 21 heavy (non-hydrogen) atoms. The molecule has 118 valence electrons. The van der Waals surface area contributed by atoms with E-state index in [0.717, 1.165) is 25.1 Å². The van der Waals surface area contributed by atoms with E-state index in [1.165, 1.54) is 0 Å². The van der Waals surface area contributed by atoms with E-state index >= 15 is 0 Å². The maximum Gasteiger partial charge on any atom is 0.242 e. The van der Waals surface area contributed by atoms with E-state index in [9.17, 15) is 8.42 Å². The van der Waals surface area contributed by atoms with Crippen LogP contribution in [0.3, 0.4) is 0 Å². The number of nitrogens with one attached hydrogen (secondary N) is 1. The van der Waals surface area contributed by atoms with Crippen LogP contribution in [0.2, 0.25) is 0 Å². The Kier molecular flexibility index (Phi) is 5.24. The summed E-state index contributed by atoms with van der Waals surface area (Å²) in [6, 6.07) is 7.39. The summed E-state index contributed by atoms with van der Waals surface area (Å²) < 4.78 is 27.6. The lowest BCUT2D eigenvalue weighted by Gasteiger charge is -2.29. The standard InChI is InChI=1S/C15H25N3O2S/c1-3-9-17-21(19,20)15-7-5-4-6-13(15)18-10-8-12(2)14(18)11-16/h4-7,12,14,17H,3,8-11,16H2,1-2H3. The molecule has 0 aromatic heterocycles. The Morgan fingerprint density at radius 1 is 1.38 bits per heavy atom. The van der Waals surface area contributed by atoms with Crippen LogP contribution in [-0.4, -0.2) is 34.1 Å². The summed E-state index contributed by atoms with van der Waals surface area (Å²) in [5.74, 6) is 0.481. The molecule has 5 nitrogen and oxygen atoms in total. The van der Waals surface area contributed by atoms with E-state index in [1.54, 1.807) is 12.1 Å². The van der Waals surface area contributed by atoms with Gasteiger partial charge in [0.1, 0.15) is 4.90 Å². The summed E-state index contributed by atoms with van der Waals surface area (Å²) in [7, 11) is -3.47. The average Bonchev–Trinajstić information content (AvgIpc) is 2.86. The fourth-order valence-electron chi connectivity index (χ4n) is 2.90. The molecule has 1 aliphatic rings. The van der Waals surface area contributed by atoms with Crippen molar-refractivity contribution in [2.75, 3.05) is 24.5 Å². The van der Waals surface area contributed by atoms with Gasteiger partial charge in [-0.05, 0) is 30.9 Å². The molecule has 0 spiro atoms. The Morgan fingerprint density at radius 3 is 2.76 bits per heavy atom. The lowest BCUT2D eigenvalue weighted by Crippen LogP contribution is -2.39. The van der Waals surface area contributed by atoms with Crippen LogP contribution in [0.5, 0.6) is 0 Å². The number of nitrogens with zero attached hydrogens (tertiary/aromatic N) is 1. The van der Waals surface area contributed by atoms with Crippen LogP contribution in [0.4, 0.5) is 5.69 Å². The maximum atomic E-state index is 12.5.